The van der Waals surface area contributed by atoms with Gasteiger partial charge in [-0.3, -0.25) is 0 Å². The molecule has 3 heteroatoms. The van der Waals surface area contributed by atoms with Gasteiger partial charge in [0.05, 0.1) is 11.6 Å². The number of benzene rings is 1. The summed E-state index contributed by atoms with van der Waals surface area (Å²) in [6.07, 6.45) is 3.12. The summed E-state index contributed by atoms with van der Waals surface area (Å²) in [6.45, 7) is 3.90. The highest BCUT2D eigenvalue weighted by Crippen LogP contribution is 2.28. The fourth-order valence-electron chi connectivity index (χ4n) is 1.69. The molecule has 17 heavy (non-hydrogen) atoms. The zero-order chi connectivity index (χ0) is 12.7. The van der Waals surface area contributed by atoms with E-state index in [1.807, 2.05) is 12.1 Å². The molecule has 0 atom stereocenters. The molecule has 0 spiro atoms. The molecule has 0 fully saturated rings. The quantitative estimate of drug-likeness (QED) is 0.690. The molecule has 1 aromatic carbocycles. The average Bonchev–Trinajstić information content (AvgIpc) is 2.29. The molecule has 0 saturated carbocycles. The van der Waals surface area contributed by atoms with Gasteiger partial charge in [0, 0.05) is 6.54 Å². The van der Waals surface area contributed by atoms with Crippen molar-refractivity contribution in [3.63, 3.8) is 0 Å². The van der Waals surface area contributed by atoms with E-state index in [1.54, 1.807) is 0 Å². The highest BCUT2D eigenvalue weighted by molar-refractivity contribution is 6.32. The minimum absolute atomic E-state index is 0.716. The van der Waals surface area contributed by atoms with E-state index in [0.29, 0.717) is 6.61 Å². The Kier molecular flexibility index (Phi) is 6.38. The van der Waals surface area contributed by atoms with Crippen molar-refractivity contribution < 1.29 is 4.74 Å². The van der Waals surface area contributed by atoms with Crippen LogP contribution in [-0.2, 0) is 6.42 Å². The van der Waals surface area contributed by atoms with Gasteiger partial charge in [-0.05, 0) is 38.6 Å². The molecule has 0 aliphatic rings. The smallest absolute Gasteiger partial charge is 0.138 e. The lowest BCUT2D eigenvalue weighted by molar-refractivity contribution is 0.281. The van der Waals surface area contributed by atoms with Gasteiger partial charge in [0.2, 0.25) is 0 Å². The van der Waals surface area contributed by atoms with E-state index in [9.17, 15) is 0 Å². The van der Waals surface area contributed by atoms with Crippen molar-refractivity contribution in [2.75, 3.05) is 27.2 Å². The van der Waals surface area contributed by atoms with Crippen molar-refractivity contribution in [2.45, 2.75) is 26.2 Å². The van der Waals surface area contributed by atoms with Gasteiger partial charge in [0.25, 0.3) is 0 Å². The monoisotopic (exact) mass is 255 g/mol. The van der Waals surface area contributed by atoms with Gasteiger partial charge in [-0.15, -0.1) is 0 Å². The Hall–Kier alpha value is -0.730. The zero-order valence-electron chi connectivity index (χ0n) is 11.0. The lowest BCUT2D eigenvalue weighted by Gasteiger charge is -2.12. The van der Waals surface area contributed by atoms with Crippen molar-refractivity contribution in [3.05, 3.63) is 28.8 Å². The van der Waals surface area contributed by atoms with Gasteiger partial charge in [-0.25, -0.2) is 0 Å². The number of nitrogens with zero attached hydrogens (tertiary/aromatic N) is 1. The Balaban J connectivity index is 2.50. The fraction of sp³-hybridized carbons (Fsp3) is 0.571. The van der Waals surface area contributed by atoms with Gasteiger partial charge in [-0.2, -0.15) is 0 Å². The molecule has 0 amide bonds. The molecule has 0 unspecified atom stereocenters. The molecular formula is C14H22ClNO. The third-order valence-corrected chi connectivity index (χ3v) is 3.00. The van der Waals surface area contributed by atoms with E-state index < -0.39 is 0 Å². The topological polar surface area (TPSA) is 12.5 Å². The van der Waals surface area contributed by atoms with Gasteiger partial charge >= 0.3 is 0 Å². The fourth-order valence-corrected chi connectivity index (χ4v) is 1.97. The SMILES string of the molecule is CCCc1cccc(OCCCN(C)C)c1Cl. The summed E-state index contributed by atoms with van der Waals surface area (Å²) in [4.78, 5) is 2.15. The first-order chi connectivity index (χ1) is 8.15. The number of halogens is 1. The van der Waals surface area contributed by atoms with Gasteiger partial charge in [0.15, 0.2) is 0 Å². The van der Waals surface area contributed by atoms with E-state index in [1.165, 1.54) is 5.56 Å². The summed E-state index contributed by atoms with van der Waals surface area (Å²) in [5, 5.41) is 0.777. The molecule has 0 aromatic heterocycles. The van der Waals surface area contributed by atoms with Gasteiger partial charge < -0.3 is 9.64 Å². The number of rotatable bonds is 7. The molecule has 0 heterocycles. The van der Waals surface area contributed by atoms with Crippen LogP contribution in [0.3, 0.4) is 0 Å². The minimum Gasteiger partial charge on any atom is -0.492 e. The van der Waals surface area contributed by atoms with Crippen LogP contribution >= 0.6 is 11.6 Å². The highest BCUT2D eigenvalue weighted by Gasteiger charge is 2.06. The summed E-state index contributed by atoms with van der Waals surface area (Å²) >= 11 is 6.29. The lowest BCUT2D eigenvalue weighted by Crippen LogP contribution is -2.15. The second-order valence-corrected chi connectivity index (χ2v) is 4.86. The first-order valence-corrected chi connectivity index (χ1v) is 6.58. The second kappa shape index (κ2) is 7.57. The maximum absolute atomic E-state index is 6.29. The van der Waals surface area contributed by atoms with Gasteiger partial charge in [0.1, 0.15) is 5.75 Å². The Morgan fingerprint density at radius 2 is 2.06 bits per heavy atom. The molecule has 0 aliphatic carbocycles. The van der Waals surface area contributed by atoms with Crippen molar-refractivity contribution in [2.24, 2.45) is 0 Å². The van der Waals surface area contributed by atoms with Crippen LogP contribution in [0, 0.1) is 0 Å². The summed E-state index contributed by atoms with van der Waals surface area (Å²) in [7, 11) is 4.13. The molecule has 1 rings (SSSR count). The Morgan fingerprint density at radius 1 is 1.29 bits per heavy atom. The van der Waals surface area contributed by atoms with Crippen LogP contribution in [-0.4, -0.2) is 32.1 Å². The summed E-state index contributed by atoms with van der Waals surface area (Å²) < 4.78 is 5.72. The molecule has 0 bridgehead atoms. The highest BCUT2D eigenvalue weighted by atomic mass is 35.5. The second-order valence-electron chi connectivity index (χ2n) is 4.48. The Morgan fingerprint density at radius 3 is 2.71 bits per heavy atom. The zero-order valence-corrected chi connectivity index (χ0v) is 11.8. The average molecular weight is 256 g/mol. The van der Waals surface area contributed by atoms with E-state index in [2.05, 4.69) is 32.0 Å². The van der Waals surface area contributed by atoms with Gasteiger partial charge in [-0.1, -0.05) is 37.1 Å². The van der Waals surface area contributed by atoms with Crippen LogP contribution in [0.15, 0.2) is 18.2 Å². The molecule has 96 valence electrons. The first-order valence-electron chi connectivity index (χ1n) is 6.20. The van der Waals surface area contributed by atoms with Crippen LogP contribution in [0.25, 0.3) is 0 Å². The normalized spacial score (nSPS) is 10.9. The van der Waals surface area contributed by atoms with E-state index >= 15 is 0 Å². The van der Waals surface area contributed by atoms with E-state index in [0.717, 1.165) is 36.6 Å². The minimum atomic E-state index is 0.716. The molecule has 0 saturated heterocycles. The van der Waals surface area contributed by atoms with E-state index in [4.69, 9.17) is 16.3 Å². The molecule has 2 nitrogen and oxygen atoms in total. The Bertz CT molecular complexity index is 339. The van der Waals surface area contributed by atoms with Crippen LogP contribution in [0.5, 0.6) is 5.75 Å². The number of hydrogen-bond acceptors (Lipinski definition) is 2. The summed E-state index contributed by atoms with van der Waals surface area (Å²) in [5.41, 5.74) is 1.18. The largest absolute Gasteiger partial charge is 0.492 e. The third kappa shape index (κ3) is 4.97. The summed E-state index contributed by atoms with van der Waals surface area (Å²) in [6, 6.07) is 6.02. The maximum atomic E-state index is 6.29. The first kappa shape index (κ1) is 14.3. The number of hydrogen-bond donors (Lipinski definition) is 0. The molecule has 0 aliphatic heterocycles. The molecule has 1 aromatic rings. The molecule has 0 N–H and O–H groups in total. The Labute approximate surface area is 110 Å². The van der Waals surface area contributed by atoms with Crippen LogP contribution in [0.4, 0.5) is 0 Å². The molecular weight excluding hydrogens is 234 g/mol. The van der Waals surface area contributed by atoms with Crippen LogP contribution in [0.1, 0.15) is 25.3 Å². The number of ether oxygens (including phenoxy) is 1. The van der Waals surface area contributed by atoms with Crippen molar-refractivity contribution in [3.8, 4) is 5.75 Å². The predicted octanol–water partition coefficient (Wildman–Crippen LogP) is 3.62. The molecule has 0 radical (unpaired) electrons. The standard InChI is InChI=1S/C14H22ClNO/c1-4-7-12-8-5-9-13(14(12)15)17-11-6-10-16(2)3/h5,8-9H,4,6-7,10-11H2,1-3H3. The number of aryl methyl sites for hydroxylation is 1. The van der Waals surface area contributed by atoms with E-state index in [-0.39, 0.29) is 0 Å². The van der Waals surface area contributed by atoms with Crippen molar-refractivity contribution in [1.82, 2.24) is 4.90 Å². The predicted molar refractivity (Wildman–Crippen MR) is 74.1 cm³/mol. The maximum Gasteiger partial charge on any atom is 0.138 e. The van der Waals surface area contributed by atoms with Crippen molar-refractivity contribution >= 4 is 11.6 Å². The van der Waals surface area contributed by atoms with Crippen LogP contribution < -0.4 is 4.74 Å². The third-order valence-electron chi connectivity index (χ3n) is 2.57. The van der Waals surface area contributed by atoms with Crippen LogP contribution in [0.2, 0.25) is 5.02 Å². The summed E-state index contributed by atoms with van der Waals surface area (Å²) in [5.74, 6) is 0.816. The van der Waals surface area contributed by atoms with Crippen molar-refractivity contribution in [1.29, 1.82) is 0 Å². The lowest BCUT2D eigenvalue weighted by atomic mass is 10.1.